The first-order valence-corrected chi connectivity index (χ1v) is 6.26. The monoisotopic (exact) mass is 268 g/mol. The number of hydrogen-bond acceptors (Lipinski definition) is 6. The van der Waals surface area contributed by atoms with Gasteiger partial charge in [-0.15, -0.1) is 0 Å². The Balaban J connectivity index is 2.62. The molecule has 1 aromatic rings. The maximum absolute atomic E-state index is 10.9. The van der Waals surface area contributed by atoms with Gasteiger partial charge in [0.1, 0.15) is 5.82 Å². The lowest BCUT2D eigenvalue weighted by Crippen LogP contribution is -2.09. The van der Waals surface area contributed by atoms with Crippen LogP contribution in [0.25, 0.3) is 0 Å². The highest BCUT2D eigenvalue weighted by atomic mass is 16.6. The molecule has 1 rings (SSSR count). The average Bonchev–Trinajstić information content (AvgIpc) is 2.42. The van der Waals surface area contributed by atoms with E-state index in [1.807, 2.05) is 6.92 Å². The van der Waals surface area contributed by atoms with Crippen LogP contribution >= 0.6 is 0 Å². The van der Waals surface area contributed by atoms with Crippen LogP contribution < -0.4 is 10.6 Å². The summed E-state index contributed by atoms with van der Waals surface area (Å²) in [7, 11) is 1.71. The van der Waals surface area contributed by atoms with Crippen molar-refractivity contribution in [2.24, 2.45) is 5.92 Å². The number of aromatic nitrogens is 1. The number of pyridine rings is 1. The van der Waals surface area contributed by atoms with Gasteiger partial charge in [-0.2, -0.15) is 0 Å². The van der Waals surface area contributed by atoms with Crippen LogP contribution in [0.4, 0.5) is 17.3 Å². The van der Waals surface area contributed by atoms with E-state index in [4.69, 9.17) is 5.11 Å². The van der Waals surface area contributed by atoms with Gasteiger partial charge in [0.2, 0.25) is 5.82 Å². The molecule has 0 saturated carbocycles. The fourth-order valence-corrected chi connectivity index (χ4v) is 1.62. The maximum Gasteiger partial charge on any atom is 0.311 e. The summed E-state index contributed by atoms with van der Waals surface area (Å²) in [6.07, 6.45) is 1.69. The molecule has 0 spiro atoms. The minimum Gasteiger partial charge on any atom is -0.396 e. The number of rotatable bonds is 8. The molecule has 0 fully saturated rings. The molecule has 0 radical (unpaired) electrons. The van der Waals surface area contributed by atoms with E-state index in [0.717, 1.165) is 12.8 Å². The highest BCUT2D eigenvalue weighted by Crippen LogP contribution is 2.23. The van der Waals surface area contributed by atoms with Crippen LogP contribution in [-0.2, 0) is 0 Å². The second-order valence-electron chi connectivity index (χ2n) is 4.43. The molecule has 0 aliphatic rings. The number of hydrogen-bond donors (Lipinski definition) is 3. The van der Waals surface area contributed by atoms with Gasteiger partial charge in [-0.3, -0.25) is 10.1 Å². The molecule has 0 aliphatic carbocycles. The Bertz CT molecular complexity index is 425. The van der Waals surface area contributed by atoms with E-state index in [0.29, 0.717) is 12.4 Å². The number of aliphatic hydroxyl groups excluding tert-OH is 1. The fraction of sp³-hybridized carbons (Fsp3) is 0.583. The van der Waals surface area contributed by atoms with Crippen molar-refractivity contribution in [3.05, 3.63) is 22.2 Å². The minimum atomic E-state index is -0.453. The third kappa shape index (κ3) is 4.70. The number of anilines is 2. The first-order chi connectivity index (χ1) is 9.08. The Morgan fingerprint density at radius 3 is 2.84 bits per heavy atom. The zero-order valence-corrected chi connectivity index (χ0v) is 11.2. The summed E-state index contributed by atoms with van der Waals surface area (Å²) in [5.74, 6) is 1.10. The van der Waals surface area contributed by atoms with E-state index in [2.05, 4.69) is 15.6 Å². The summed E-state index contributed by atoms with van der Waals surface area (Å²) < 4.78 is 0. The summed E-state index contributed by atoms with van der Waals surface area (Å²) in [6.45, 7) is 2.71. The van der Waals surface area contributed by atoms with Crippen LogP contribution in [0.5, 0.6) is 0 Å². The highest BCUT2D eigenvalue weighted by molar-refractivity contribution is 5.60. The highest BCUT2D eigenvalue weighted by Gasteiger charge is 2.15. The van der Waals surface area contributed by atoms with E-state index >= 15 is 0 Å². The van der Waals surface area contributed by atoms with Crippen LogP contribution in [0, 0.1) is 16.0 Å². The number of nitro groups is 1. The molecule has 0 amide bonds. The molecular weight excluding hydrogens is 248 g/mol. The molecule has 0 aromatic carbocycles. The smallest absolute Gasteiger partial charge is 0.311 e. The Hall–Kier alpha value is -1.89. The molecule has 0 aliphatic heterocycles. The summed E-state index contributed by atoms with van der Waals surface area (Å²) in [4.78, 5) is 14.6. The second-order valence-corrected chi connectivity index (χ2v) is 4.43. The Morgan fingerprint density at radius 2 is 2.26 bits per heavy atom. The van der Waals surface area contributed by atoms with Crippen molar-refractivity contribution in [1.82, 2.24) is 4.98 Å². The van der Waals surface area contributed by atoms with E-state index in [1.54, 1.807) is 13.1 Å². The molecule has 1 aromatic heterocycles. The van der Waals surface area contributed by atoms with E-state index in [1.165, 1.54) is 6.07 Å². The predicted octanol–water partition coefficient (Wildman–Crippen LogP) is 1.85. The summed E-state index contributed by atoms with van der Waals surface area (Å²) in [5.41, 5.74) is -0.0331. The molecule has 106 valence electrons. The predicted molar refractivity (Wildman–Crippen MR) is 74.4 cm³/mol. The SMILES string of the molecule is CNc1ccc([N+](=O)[O-])c(NCCCC(C)CO)n1. The molecule has 19 heavy (non-hydrogen) atoms. The number of nitrogens with one attached hydrogen (secondary N) is 2. The molecule has 3 N–H and O–H groups in total. The van der Waals surface area contributed by atoms with Gasteiger partial charge in [-0.25, -0.2) is 4.98 Å². The van der Waals surface area contributed by atoms with Crippen LogP contribution in [0.1, 0.15) is 19.8 Å². The van der Waals surface area contributed by atoms with Crippen molar-refractivity contribution in [3.63, 3.8) is 0 Å². The van der Waals surface area contributed by atoms with Crippen molar-refractivity contribution < 1.29 is 10.0 Å². The summed E-state index contributed by atoms with van der Waals surface area (Å²) in [6, 6.07) is 2.99. The fourth-order valence-electron chi connectivity index (χ4n) is 1.62. The normalized spacial score (nSPS) is 11.9. The number of nitrogens with zero attached hydrogens (tertiary/aromatic N) is 2. The Labute approximate surface area is 112 Å². The Morgan fingerprint density at radius 1 is 1.53 bits per heavy atom. The van der Waals surface area contributed by atoms with Crippen LogP contribution in [0.2, 0.25) is 0 Å². The van der Waals surface area contributed by atoms with E-state index in [-0.39, 0.29) is 24.0 Å². The van der Waals surface area contributed by atoms with Gasteiger partial charge in [0, 0.05) is 26.3 Å². The quantitative estimate of drug-likeness (QED) is 0.378. The molecular formula is C12H20N4O3. The van der Waals surface area contributed by atoms with Gasteiger partial charge in [-0.1, -0.05) is 6.92 Å². The molecule has 1 heterocycles. The third-order valence-corrected chi connectivity index (χ3v) is 2.80. The molecule has 0 bridgehead atoms. The van der Waals surface area contributed by atoms with E-state index in [9.17, 15) is 10.1 Å². The molecule has 1 unspecified atom stereocenters. The molecule has 7 heteroatoms. The zero-order valence-electron chi connectivity index (χ0n) is 11.2. The molecule has 0 saturated heterocycles. The van der Waals surface area contributed by atoms with Crippen molar-refractivity contribution >= 4 is 17.3 Å². The maximum atomic E-state index is 10.9. The minimum absolute atomic E-state index is 0.0331. The lowest BCUT2D eigenvalue weighted by molar-refractivity contribution is -0.384. The van der Waals surface area contributed by atoms with Crippen molar-refractivity contribution in [1.29, 1.82) is 0 Å². The first-order valence-electron chi connectivity index (χ1n) is 6.26. The van der Waals surface area contributed by atoms with Crippen LogP contribution in [-0.4, -0.2) is 35.2 Å². The molecule has 1 atom stereocenters. The van der Waals surface area contributed by atoms with Crippen molar-refractivity contribution in [2.45, 2.75) is 19.8 Å². The van der Waals surface area contributed by atoms with Crippen LogP contribution in [0.3, 0.4) is 0 Å². The van der Waals surface area contributed by atoms with Crippen molar-refractivity contribution in [2.75, 3.05) is 30.8 Å². The standard InChI is InChI=1S/C12H20N4O3/c1-9(8-17)4-3-7-14-12-10(16(18)19)5-6-11(13-2)15-12/h5-6,9,17H,3-4,7-8H2,1-2H3,(H2,13,14,15). The first kappa shape index (κ1) is 15.2. The summed E-state index contributed by atoms with van der Waals surface area (Å²) >= 11 is 0. The number of aliphatic hydroxyl groups is 1. The topological polar surface area (TPSA) is 100 Å². The largest absolute Gasteiger partial charge is 0.396 e. The van der Waals surface area contributed by atoms with E-state index < -0.39 is 4.92 Å². The summed E-state index contributed by atoms with van der Waals surface area (Å²) in [5, 5.41) is 25.6. The van der Waals surface area contributed by atoms with Crippen molar-refractivity contribution in [3.8, 4) is 0 Å². The molecule has 7 nitrogen and oxygen atoms in total. The van der Waals surface area contributed by atoms with Gasteiger partial charge in [-0.05, 0) is 24.8 Å². The van der Waals surface area contributed by atoms with Gasteiger partial charge in [0.15, 0.2) is 0 Å². The lowest BCUT2D eigenvalue weighted by atomic mass is 10.1. The van der Waals surface area contributed by atoms with Gasteiger partial charge in [0.05, 0.1) is 4.92 Å². The van der Waals surface area contributed by atoms with Gasteiger partial charge < -0.3 is 15.7 Å². The zero-order chi connectivity index (χ0) is 14.3. The van der Waals surface area contributed by atoms with Crippen LogP contribution in [0.15, 0.2) is 12.1 Å². The Kier molecular flexibility index (Phi) is 6.01. The lowest BCUT2D eigenvalue weighted by Gasteiger charge is -2.10. The average molecular weight is 268 g/mol. The van der Waals surface area contributed by atoms with Gasteiger partial charge in [0.25, 0.3) is 0 Å². The van der Waals surface area contributed by atoms with Gasteiger partial charge >= 0.3 is 5.69 Å². The second kappa shape index (κ2) is 7.52. The third-order valence-electron chi connectivity index (χ3n) is 2.80.